The SMILES string of the molecule is COc1cc(F)cc(C=NN=C2NC(=O)C(CC(=O)O)S2)c1. The molecule has 1 unspecified atom stereocenters. The van der Waals surface area contributed by atoms with Crippen molar-refractivity contribution < 1.29 is 23.8 Å². The van der Waals surface area contributed by atoms with Gasteiger partial charge in [0.1, 0.15) is 16.8 Å². The molecule has 0 bridgehead atoms. The van der Waals surface area contributed by atoms with Crippen molar-refractivity contribution in [3.8, 4) is 5.75 Å². The molecule has 22 heavy (non-hydrogen) atoms. The number of thioether (sulfide) groups is 1. The van der Waals surface area contributed by atoms with Gasteiger partial charge in [-0.2, -0.15) is 5.10 Å². The van der Waals surface area contributed by atoms with Crippen molar-refractivity contribution in [3.05, 3.63) is 29.6 Å². The van der Waals surface area contributed by atoms with Gasteiger partial charge in [0.25, 0.3) is 0 Å². The van der Waals surface area contributed by atoms with Crippen molar-refractivity contribution in [2.45, 2.75) is 11.7 Å². The summed E-state index contributed by atoms with van der Waals surface area (Å²) in [5, 5.41) is 18.1. The predicted octanol–water partition coefficient (Wildman–Crippen LogP) is 1.23. The zero-order valence-corrected chi connectivity index (χ0v) is 12.3. The number of hydrogen-bond donors (Lipinski definition) is 2. The topological polar surface area (TPSA) is 100 Å². The molecule has 0 spiro atoms. The van der Waals surface area contributed by atoms with E-state index in [1.807, 2.05) is 0 Å². The third kappa shape index (κ3) is 4.29. The first-order chi connectivity index (χ1) is 10.5. The molecule has 2 rings (SSSR count). The van der Waals surface area contributed by atoms with E-state index < -0.39 is 22.9 Å². The van der Waals surface area contributed by atoms with E-state index in [-0.39, 0.29) is 11.6 Å². The maximum Gasteiger partial charge on any atom is 0.305 e. The second-order valence-corrected chi connectivity index (χ2v) is 5.46. The lowest BCUT2D eigenvalue weighted by Gasteiger charge is -2.00. The summed E-state index contributed by atoms with van der Waals surface area (Å²) in [6.45, 7) is 0. The summed E-state index contributed by atoms with van der Waals surface area (Å²) < 4.78 is 18.2. The molecule has 9 heteroatoms. The van der Waals surface area contributed by atoms with Crippen LogP contribution in [0.15, 0.2) is 28.4 Å². The number of amides is 1. The lowest BCUT2D eigenvalue weighted by atomic mass is 10.2. The van der Waals surface area contributed by atoms with Crippen LogP contribution in [-0.2, 0) is 9.59 Å². The number of carbonyl (C=O) groups is 2. The first-order valence-corrected chi connectivity index (χ1v) is 7.01. The molecular formula is C13H12FN3O4S. The number of aliphatic carboxylic acids is 1. The second kappa shape index (κ2) is 7.03. The van der Waals surface area contributed by atoms with Gasteiger partial charge in [0.15, 0.2) is 5.17 Å². The van der Waals surface area contributed by atoms with Crippen LogP contribution in [0.2, 0.25) is 0 Å². The molecule has 116 valence electrons. The Morgan fingerprint density at radius 1 is 1.55 bits per heavy atom. The van der Waals surface area contributed by atoms with Gasteiger partial charge in [-0.25, -0.2) is 4.39 Å². The Balaban J connectivity index is 2.04. The molecule has 0 aliphatic carbocycles. The lowest BCUT2D eigenvalue weighted by molar-refractivity contribution is -0.138. The minimum absolute atomic E-state index is 0.205. The summed E-state index contributed by atoms with van der Waals surface area (Å²) in [6.07, 6.45) is 1.01. The summed E-state index contributed by atoms with van der Waals surface area (Å²) in [4.78, 5) is 22.1. The summed E-state index contributed by atoms with van der Waals surface area (Å²) in [5.74, 6) is -1.62. The van der Waals surface area contributed by atoms with Crippen molar-refractivity contribution in [2.75, 3.05) is 7.11 Å². The van der Waals surface area contributed by atoms with Crippen LogP contribution in [0.4, 0.5) is 4.39 Å². The van der Waals surface area contributed by atoms with Crippen LogP contribution in [-0.4, -0.2) is 40.7 Å². The molecule has 0 aromatic heterocycles. The van der Waals surface area contributed by atoms with E-state index in [4.69, 9.17) is 9.84 Å². The fraction of sp³-hybridized carbons (Fsp3) is 0.231. The van der Waals surface area contributed by atoms with E-state index in [0.717, 1.165) is 11.8 Å². The fourth-order valence-corrected chi connectivity index (χ4v) is 2.59. The minimum Gasteiger partial charge on any atom is -0.497 e. The number of carboxylic acid groups (broad SMARTS) is 1. The smallest absolute Gasteiger partial charge is 0.305 e. The summed E-state index contributed by atoms with van der Waals surface area (Å²) >= 11 is 0.989. The zero-order valence-electron chi connectivity index (χ0n) is 11.4. The van der Waals surface area contributed by atoms with Crippen LogP contribution >= 0.6 is 11.8 Å². The van der Waals surface area contributed by atoms with E-state index in [0.29, 0.717) is 11.3 Å². The Kier molecular flexibility index (Phi) is 5.10. The van der Waals surface area contributed by atoms with Crippen molar-refractivity contribution in [2.24, 2.45) is 10.2 Å². The number of nitrogens with one attached hydrogen (secondary N) is 1. The van der Waals surface area contributed by atoms with Gasteiger partial charge in [0, 0.05) is 11.6 Å². The maximum absolute atomic E-state index is 13.3. The average Bonchev–Trinajstić information content (AvgIpc) is 2.77. The second-order valence-electron chi connectivity index (χ2n) is 4.27. The Labute approximate surface area is 129 Å². The Bertz CT molecular complexity index is 663. The molecule has 1 atom stereocenters. The van der Waals surface area contributed by atoms with Gasteiger partial charge in [-0.3, -0.25) is 9.59 Å². The fourth-order valence-electron chi connectivity index (χ4n) is 1.67. The number of ether oxygens (including phenoxy) is 1. The molecule has 0 saturated carbocycles. The largest absolute Gasteiger partial charge is 0.497 e. The van der Waals surface area contributed by atoms with Gasteiger partial charge in [0.05, 0.1) is 19.7 Å². The lowest BCUT2D eigenvalue weighted by Crippen LogP contribution is -2.26. The van der Waals surface area contributed by atoms with Crippen LogP contribution in [0.5, 0.6) is 5.75 Å². The monoisotopic (exact) mass is 325 g/mol. The van der Waals surface area contributed by atoms with Crippen LogP contribution in [0.25, 0.3) is 0 Å². The van der Waals surface area contributed by atoms with Gasteiger partial charge in [-0.15, -0.1) is 5.10 Å². The molecular weight excluding hydrogens is 313 g/mol. The zero-order chi connectivity index (χ0) is 16.1. The van der Waals surface area contributed by atoms with Crippen molar-refractivity contribution >= 4 is 35.0 Å². The van der Waals surface area contributed by atoms with Gasteiger partial charge in [0.2, 0.25) is 5.91 Å². The quantitative estimate of drug-likeness (QED) is 0.626. The van der Waals surface area contributed by atoms with Gasteiger partial charge in [-0.1, -0.05) is 11.8 Å². The predicted molar refractivity (Wildman–Crippen MR) is 79.8 cm³/mol. The Morgan fingerprint density at radius 2 is 2.32 bits per heavy atom. The number of hydrogen-bond acceptors (Lipinski definition) is 6. The van der Waals surface area contributed by atoms with Crippen molar-refractivity contribution in [1.29, 1.82) is 0 Å². The van der Waals surface area contributed by atoms with Crippen molar-refractivity contribution in [3.63, 3.8) is 0 Å². The number of benzene rings is 1. The molecule has 1 aliphatic rings. The van der Waals surface area contributed by atoms with E-state index in [1.54, 1.807) is 6.07 Å². The standard InChI is InChI=1S/C13H12FN3O4S/c1-21-9-3-7(2-8(14)4-9)6-15-17-13-16-12(20)10(22-13)5-11(18)19/h2-4,6,10H,5H2,1H3,(H,18,19)(H,16,17,20). The minimum atomic E-state index is -1.07. The van der Waals surface area contributed by atoms with Crippen LogP contribution in [0.3, 0.4) is 0 Å². The van der Waals surface area contributed by atoms with E-state index in [2.05, 4.69) is 15.5 Å². The summed E-state index contributed by atoms with van der Waals surface area (Å²) in [6, 6.07) is 4.05. The van der Waals surface area contributed by atoms with Gasteiger partial charge >= 0.3 is 5.97 Å². The highest BCUT2D eigenvalue weighted by atomic mass is 32.2. The molecule has 1 aromatic rings. The number of carboxylic acids is 1. The highest BCUT2D eigenvalue weighted by Gasteiger charge is 2.32. The van der Waals surface area contributed by atoms with Gasteiger partial charge in [-0.05, 0) is 12.1 Å². The van der Waals surface area contributed by atoms with Crippen LogP contribution in [0.1, 0.15) is 12.0 Å². The molecule has 0 radical (unpaired) electrons. The highest BCUT2D eigenvalue weighted by molar-refractivity contribution is 8.15. The number of amidine groups is 1. The average molecular weight is 325 g/mol. The van der Waals surface area contributed by atoms with E-state index in [9.17, 15) is 14.0 Å². The number of halogens is 1. The molecule has 1 aromatic carbocycles. The van der Waals surface area contributed by atoms with Gasteiger partial charge < -0.3 is 15.2 Å². The Hall–Kier alpha value is -2.42. The molecule has 2 N–H and O–H groups in total. The van der Waals surface area contributed by atoms with Crippen LogP contribution < -0.4 is 10.1 Å². The maximum atomic E-state index is 13.3. The highest BCUT2D eigenvalue weighted by Crippen LogP contribution is 2.22. The Morgan fingerprint density at radius 3 is 3.00 bits per heavy atom. The first-order valence-electron chi connectivity index (χ1n) is 6.13. The van der Waals surface area contributed by atoms with E-state index >= 15 is 0 Å². The number of methoxy groups -OCH3 is 1. The number of rotatable bonds is 5. The molecule has 1 amide bonds. The van der Waals surface area contributed by atoms with E-state index in [1.165, 1.54) is 25.5 Å². The summed E-state index contributed by atoms with van der Waals surface area (Å²) in [7, 11) is 1.42. The third-order valence-electron chi connectivity index (χ3n) is 2.62. The first kappa shape index (κ1) is 16.0. The third-order valence-corrected chi connectivity index (χ3v) is 3.69. The summed E-state index contributed by atoms with van der Waals surface area (Å²) in [5.41, 5.74) is 0.442. The molecule has 1 aliphatic heterocycles. The molecule has 7 nitrogen and oxygen atoms in total. The molecule has 1 fully saturated rings. The normalized spacial score (nSPS) is 19.6. The van der Waals surface area contributed by atoms with Crippen LogP contribution in [0, 0.1) is 5.82 Å². The number of nitrogens with zero attached hydrogens (tertiary/aromatic N) is 2. The molecule has 1 heterocycles. The van der Waals surface area contributed by atoms with Crippen molar-refractivity contribution in [1.82, 2.24) is 5.32 Å². The molecule has 1 saturated heterocycles. The number of carbonyl (C=O) groups excluding carboxylic acids is 1.